The smallest absolute Gasteiger partial charge is 0.317 e. The topological polar surface area (TPSA) is 75.4 Å². The van der Waals surface area contributed by atoms with Crippen LogP contribution >= 0.6 is 0 Å². The zero-order valence-electron chi connectivity index (χ0n) is 7.63. The van der Waals surface area contributed by atoms with Crippen LogP contribution in [0.4, 0.5) is 4.79 Å². The predicted octanol–water partition coefficient (Wildman–Crippen LogP) is -0.478. The zero-order valence-corrected chi connectivity index (χ0v) is 7.63. The lowest BCUT2D eigenvalue weighted by molar-refractivity contribution is -0.118. The van der Waals surface area contributed by atoms with E-state index in [9.17, 15) is 9.59 Å². The molecule has 0 saturated heterocycles. The number of urea groups is 1. The van der Waals surface area contributed by atoms with Crippen LogP contribution in [0.2, 0.25) is 0 Å². The number of hydrogen-bond acceptors (Lipinski definition) is 2. The van der Waals surface area contributed by atoms with Crippen LogP contribution in [0.5, 0.6) is 0 Å². The molecular weight excluding hydrogens is 158 g/mol. The number of carbonyl (C=O) groups is 2. The molecule has 70 valence electrons. The normalized spacial score (nSPS) is 9.67. The second-order valence-corrected chi connectivity index (χ2v) is 2.74. The van der Waals surface area contributed by atoms with Crippen molar-refractivity contribution < 1.29 is 9.59 Å². The summed E-state index contributed by atoms with van der Waals surface area (Å²) in [6.07, 6.45) is 0. The van der Waals surface area contributed by atoms with E-state index in [4.69, 9.17) is 5.73 Å². The summed E-state index contributed by atoms with van der Waals surface area (Å²) in [5.41, 5.74) is 4.96. The quantitative estimate of drug-likeness (QED) is 0.605. The van der Waals surface area contributed by atoms with E-state index in [1.165, 1.54) is 11.9 Å². The van der Waals surface area contributed by atoms with Crippen molar-refractivity contribution in [2.24, 2.45) is 5.73 Å². The van der Waals surface area contributed by atoms with Crippen LogP contribution in [0.15, 0.2) is 0 Å². The van der Waals surface area contributed by atoms with Gasteiger partial charge in [-0.05, 0) is 13.8 Å². The number of nitrogens with zero attached hydrogens (tertiary/aromatic N) is 1. The Labute approximate surface area is 71.9 Å². The van der Waals surface area contributed by atoms with Gasteiger partial charge >= 0.3 is 6.03 Å². The average Bonchev–Trinajstić information content (AvgIpc) is 1.98. The monoisotopic (exact) mass is 173 g/mol. The molecule has 0 aliphatic rings. The molecule has 5 nitrogen and oxygen atoms in total. The molecule has 0 atom stereocenters. The fraction of sp³-hybridized carbons (Fsp3) is 0.714. The van der Waals surface area contributed by atoms with E-state index in [2.05, 4.69) is 5.32 Å². The van der Waals surface area contributed by atoms with E-state index < -0.39 is 5.91 Å². The van der Waals surface area contributed by atoms with Crippen LogP contribution in [0.1, 0.15) is 13.8 Å². The molecule has 0 spiro atoms. The van der Waals surface area contributed by atoms with E-state index >= 15 is 0 Å². The van der Waals surface area contributed by atoms with Crippen molar-refractivity contribution >= 4 is 11.9 Å². The highest BCUT2D eigenvalue weighted by Gasteiger charge is 2.16. The highest BCUT2D eigenvalue weighted by molar-refractivity contribution is 5.82. The summed E-state index contributed by atoms with van der Waals surface area (Å²) in [5, 5.41) is 2.43. The summed E-state index contributed by atoms with van der Waals surface area (Å²) in [6.45, 7) is 3.59. The minimum atomic E-state index is -0.507. The molecule has 3 amide bonds. The first-order valence-electron chi connectivity index (χ1n) is 3.75. The van der Waals surface area contributed by atoms with E-state index in [1.807, 2.05) is 13.8 Å². The zero-order chi connectivity index (χ0) is 9.72. The molecule has 0 aliphatic heterocycles. The number of carbonyl (C=O) groups excluding carboxylic acids is 2. The minimum absolute atomic E-state index is 0.0301. The lowest BCUT2D eigenvalue weighted by Gasteiger charge is -2.24. The summed E-state index contributed by atoms with van der Waals surface area (Å²) in [7, 11) is 1.51. The van der Waals surface area contributed by atoms with Gasteiger partial charge in [-0.15, -0.1) is 0 Å². The maximum Gasteiger partial charge on any atom is 0.317 e. The first-order valence-corrected chi connectivity index (χ1v) is 3.75. The molecule has 0 saturated carbocycles. The molecule has 0 radical (unpaired) electrons. The maximum absolute atomic E-state index is 11.1. The Hall–Kier alpha value is -1.26. The fourth-order valence-corrected chi connectivity index (χ4v) is 0.800. The Morgan fingerprint density at radius 1 is 1.50 bits per heavy atom. The number of hydrogen-bond donors (Lipinski definition) is 2. The fourth-order valence-electron chi connectivity index (χ4n) is 0.800. The summed E-state index contributed by atoms with van der Waals surface area (Å²) >= 11 is 0. The third-order valence-electron chi connectivity index (χ3n) is 1.42. The third-order valence-corrected chi connectivity index (χ3v) is 1.42. The second-order valence-electron chi connectivity index (χ2n) is 2.74. The van der Waals surface area contributed by atoms with Crippen molar-refractivity contribution in [1.29, 1.82) is 0 Å². The van der Waals surface area contributed by atoms with Gasteiger partial charge in [-0.1, -0.05) is 0 Å². The molecule has 0 fully saturated rings. The van der Waals surface area contributed by atoms with Crippen LogP contribution in [0.25, 0.3) is 0 Å². The van der Waals surface area contributed by atoms with E-state index in [-0.39, 0.29) is 18.6 Å². The third kappa shape index (κ3) is 3.23. The van der Waals surface area contributed by atoms with Gasteiger partial charge in [0.25, 0.3) is 0 Å². The van der Waals surface area contributed by atoms with E-state index in [0.29, 0.717) is 0 Å². The molecule has 0 aromatic rings. The van der Waals surface area contributed by atoms with Gasteiger partial charge in [0.05, 0.1) is 0 Å². The first kappa shape index (κ1) is 10.7. The molecule has 0 rings (SSSR count). The van der Waals surface area contributed by atoms with Crippen LogP contribution in [-0.2, 0) is 4.79 Å². The van der Waals surface area contributed by atoms with Crippen LogP contribution in [0, 0.1) is 0 Å². The predicted molar refractivity (Wildman–Crippen MR) is 45.5 cm³/mol. The molecular formula is C7H15N3O2. The largest absolute Gasteiger partial charge is 0.368 e. The molecule has 12 heavy (non-hydrogen) atoms. The number of rotatable bonds is 3. The Bertz CT molecular complexity index is 179. The molecule has 0 aromatic carbocycles. The van der Waals surface area contributed by atoms with Crippen molar-refractivity contribution in [3.8, 4) is 0 Å². The van der Waals surface area contributed by atoms with Gasteiger partial charge in [0.2, 0.25) is 5.91 Å². The molecule has 0 bridgehead atoms. The summed E-state index contributed by atoms with van der Waals surface area (Å²) in [4.78, 5) is 23.0. The summed E-state index contributed by atoms with van der Waals surface area (Å²) in [5.74, 6) is -0.507. The second kappa shape index (κ2) is 4.58. The molecule has 0 unspecified atom stereocenters. The van der Waals surface area contributed by atoms with Crippen molar-refractivity contribution in [3.05, 3.63) is 0 Å². The van der Waals surface area contributed by atoms with E-state index in [0.717, 1.165) is 0 Å². The lowest BCUT2D eigenvalue weighted by atomic mass is 10.3. The first-order chi connectivity index (χ1) is 5.49. The molecule has 0 heterocycles. The Morgan fingerprint density at radius 2 is 2.00 bits per heavy atom. The maximum atomic E-state index is 11.1. The number of nitrogens with one attached hydrogen (secondary N) is 1. The van der Waals surface area contributed by atoms with Gasteiger partial charge < -0.3 is 16.0 Å². The summed E-state index contributed by atoms with van der Waals surface area (Å²) < 4.78 is 0. The van der Waals surface area contributed by atoms with Gasteiger partial charge in [0.1, 0.15) is 6.54 Å². The standard InChI is InChI=1S/C7H15N3O2/c1-5(2)10(4-6(8)11)7(12)9-3/h5H,4H2,1-3H3,(H2,8,11)(H,9,12). The SMILES string of the molecule is CNC(=O)N(CC(N)=O)C(C)C. The Kier molecular flexibility index (Phi) is 4.10. The van der Waals surface area contributed by atoms with Crippen molar-refractivity contribution in [2.75, 3.05) is 13.6 Å². The van der Waals surface area contributed by atoms with E-state index in [1.54, 1.807) is 0 Å². The van der Waals surface area contributed by atoms with Gasteiger partial charge in [-0.3, -0.25) is 4.79 Å². The number of primary amides is 1. The average molecular weight is 173 g/mol. The van der Waals surface area contributed by atoms with Gasteiger partial charge in [0, 0.05) is 13.1 Å². The van der Waals surface area contributed by atoms with Crippen LogP contribution in [-0.4, -0.2) is 36.5 Å². The van der Waals surface area contributed by atoms with Gasteiger partial charge in [-0.25, -0.2) is 4.79 Å². The molecule has 0 aromatic heterocycles. The molecule has 0 aliphatic carbocycles. The Morgan fingerprint density at radius 3 is 2.25 bits per heavy atom. The van der Waals surface area contributed by atoms with Crippen molar-refractivity contribution in [3.63, 3.8) is 0 Å². The van der Waals surface area contributed by atoms with Gasteiger partial charge in [-0.2, -0.15) is 0 Å². The minimum Gasteiger partial charge on any atom is -0.368 e. The highest BCUT2D eigenvalue weighted by Crippen LogP contribution is 1.96. The lowest BCUT2D eigenvalue weighted by Crippen LogP contribution is -2.46. The summed E-state index contributed by atoms with van der Waals surface area (Å²) in [6, 6.07) is -0.318. The highest BCUT2D eigenvalue weighted by atomic mass is 16.2. The van der Waals surface area contributed by atoms with Crippen LogP contribution in [0.3, 0.4) is 0 Å². The van der Waals surface area contributed by atoms with Gasteiger partial charge in [0.15, 0.2) is 0 Å². The van der Waals surface area contributed by atoms with Crippen molar-refractivity contribution in [2.45, 2.75) is 19.9 Å². The van der Waals surface area contributed by atoms with Crippen molar-refractivity contribution in [1.82, 2.24) is 10.2 Å². The number of amides is 3. The molecule has 3 N–H and O–H groups in total. The number of nitrogens with two attached hydrogens (primary N) is 1. The van der Waals surface area contributed by atoms with Crippen LogP contribution < -0.4 is 11.1 Å². The Balaban J connectivity index is 4.23. The molecule has 5 heteroatoms.